The molecule has 2 rings (SSSR count). The van der Waals surface area contributed by atoms with E-state index in [2.05, 4.69) is 0 Å². The average Bonchev–Trinajstić information content (AvgIpc) is 2.27. The summed E-state index contributed by atoms with van der Waals surface area (Å²) in [4.78, 5) is 10.7. The highest BCUT2D eigenvalue weighted by Crippen LogP contribution is 2.31. The molecule has 0 aromatic heterocycles. The van der Waals surface area contributed by atoms with E-state index in [1.165, 1.54) is 7.11 Å². The molecular formula is C11H12O5. The highest BCUT2D eigenvalue weighted by molar-refractivity contribution is 5.72. The molecule has 0 bridgehead atoms. The predicted molar refractivity (Wildman–Crippen MR) is 54.6 cm³/mol. The first-order chi connectivity index (χ1) is 7.70. The van der Waals surface area contributed by atoms with Crippen molar-refractivity contribution in [2.75, 3.05) is 13.9 Å². The van der Waals surface area contributed by atoms with Crippen LogP contribution in [0.2, 0.25) is 0 Å². The topological polar surface area (TPSA) is 65.0 Å². The van der Waals surface area contributed by atoms with Gasteiger partial charge in [-0.2, -0.15) is 0 Å². The van der Waals surface area contributed by atoms with Crippen molar-refractivity contribution in [3.8, 4) is 11.5 Å². The van der Waals surface area contributed by atoms with Gasteiger partial charge in [-0.05, 0) is 12.1 Å². The summed E-state index contributed by atoms with van der Waals surface area (Å²) in [6.45, 7) is 0.658. The van der Waals surface area contributed by atoms with Crippen LogP contribution in [0.25, 0.3) is 0 Å². The Kier molecular flexibility index (Phi) is 2.96. The van der Waals surface area contributed by atoms with Gasteiger partial charge in [0, 0.05) is 11.1 Å². The Morgan fingerprint density at radius 3 is 3.06 bits per heavy atom. The minimum atomic E-state index is -0.898. The summed E-state index contributed by atoms with van der Waals surface area (Å²) >= 11 is 0. The monoisotopic (exact) mass is 224 g/mol. The fourth-order valence-electron chi connectivity index (χ4n) is 1.64. The fourth-order valence-corrected chi connectivity index (χ4v) is 1.64. The van der Waals surface area contributed by atoms with Crippen molar-refractivity contribution >= 4 is 5.97 Å². The number of carboxylic acids is 1. The maximum Gasteiger partial charge on any atom is 0.307 e. The van der Waals surface area contributed by atoms with Gasteiger partial charge in [0.05, 0.1) is 20.1 Å². The zero-order valence-electron chi connectivity index (χ0n) is 8.86. The number of aliphatic carboxylic acids is 1. The van der Waals surface area contributed by atoms with E-state index in [1.807, 2.05) is 0 Å². The van der Waals surface area contributed by atoms with Crippen molar-refractivity contribution in [2.24, 2.45) is 0 Å². The molecule has 86 valence electrons. The third kappa shape index (κ3) is 2.09. The number of hydrogen-bond acceptors (Lipinski definition) is 4. The van der Waals surface area contributed by atoms with E-state index < -0.39 is 5.97 Å². The van der Waals surface area contributed by atoms with Crippen LogP contribution in [-0.2, 0) is 22.6 Å². The van der Waals surface area contributed by atoms with Gasteiger partial charge in [0.2, 0.25) is 0 Å². The molecule has 0 saturated heterocycles. The van der Waals surface area contributed by atoms with Crippen LogP contribution < -0.4 is 9.47 Å². The van der Waals surface area contributed by atoms with Crippen LogP contribution >= 0.6 is 0 Å². The van der Waals surface area contributed by atoms with Crippen LogP contribution in [0.4, 0.5) is 0 Å². The van der Waals surface area contributed by atoms with Crippen LogP contribution in [0, 0.1) is 0 Å². The Morgan fingerprint density at radius 2 is 2.38 bits per heavy atom. The summed E-state index contributed by atoms with van der Waals surface area (Å²) in [7, 11) is 1.51. The summed E-state index contributed by atoms with van der Waals surface area (Å²) in [5.41, 5.74) is 1.48. The Labute approximate surface area is 92.5 Å². The zero-order valence-corrected chi connectivity index (χ0v) is 8.86. The molecule has 1 heterocycles. The first kappa shape index (κ1) is 10.8. The summed E-state index contributed by atoms with van der Waals surface area (Å²) < 4.78 is 15.5. The lowest BCUT2D eigenvalue weighted by molar-refractivity contribution is -0.136. The molecule has 1 aliphatic rings. The maximum atomic E-state index is 10.7. The summed E-state index contributed by atoms with van der Waals surface area (Å²) in [5, 5.41) is 8.77. The molecule has 0 amide bonds. The van der Waals surface area contributed by atoms with E-state index in [9.17, 15) is 4.79 Å². The summed E-state index contributed by atoms with van der Waals surface area (Å²) in [5.74, 6) is 0.323. The van der Waals surface area contributed by atoms with Crippen LogP contribution in [-0.4, -0.2) is 25.0 Å². The molecular weight excluding hydrogens is 212 g/mol. The van der Waals surface area contributed by atoms with Crippen LogP contribution in [0.1, 0.15) is 11.1 Å². The third-order valence-electron chi connectivity index (χ3n) is 2.36. The number of carboxylic acid groups (broad SMARTS) is 1. The molecule has 5 heteroatoms. The second-order valence-electron chi connectivity index (χ2n) is 3.45. The number of benzene rings is 1. The van der Waals surface area contributed by atoms with E-state index in [0.717, 1.165) is 5.56 Å². The van der Waals surface area contributed by atoms with Gasteiger partial charge in [0.15, 0.2) is 6.79 Å². The normalized spacial score (nSPS) is 13.8. The lowest BCUT2D eigenvalue weighted by Gasteiger charge is -2.19. The molecule has 1 aliphatic heterocycles. The van der Waals surface area contributed by atoms with E-state index in [-0.39, 0.29) is 13.2 Å². The van der Waals surface area contributed by atoms with Gasteiger partial charge >= 0.3 is 5.97 Å². The number of hydrogen-bond donors (Lipinski definition) is 1. The second kappa shape index (κ2) is 4.40. The minimum absolute atomic E-state index is 0.0827. The molecule has 16 heavy (non-hydrogen) atoms. The first-order valence-corrected chi connectivity index (χ1v) is 4.83. The van der Waals surface area contributed by atoms with Crippen molar-refractivity contribution in [3.05, 3.63) is 23.3 Å². The van der Waals surface area contributed by atoms with Crippen molar-refractivity contribution in [2.45, 2.75) is 13.0 Å². The van der Waals surface area contributed by atoms with Gasteiger partial charge in [-0.25, -0.2) is 0 Å². The Morgan fingerprint density at radius 1 is 1.56 bits per heavy atom. The Balaban J connectivity index is 2.39. The largest absolute Gasteiger partial charge is 0.496 e. The molecule has 5 nitrogen and oxygen atoms in total. The predicted octanol–water partition coefficient (Wildman–Crippen LogP) is 1.19. The number of fused-ring (bicyclic) bond motifs is 1. The second-order valence-corrected chi connectivity index (χ2v) is 3.45. The SMILES string of the molecule is COc1cc2c(cc1CC(=O)O)OCOC2. The van der Waals surface area contributed by atoms with Gasteiger partial charge in [-0.15, -0.1) is 0 Å². The summed E-state index contributed by atoms with van der Waals surface area (Å²) in [6, 6.07) is 3.46. The molecule has 0 radical (unpaired) electrons. The van der Waals surface area contributed by atoms with E-state index in [0.29, 0.717) is 23.7 Å². The molecule has 0 unspecified atom stereocenters. The lowest BCUT2D eigenvalue weighted by Crippen LogP contribution is -2.12. The van der Waals surface area contributed by atoms with Gasteiger partial charge in [0.25, 0.3) is 0 Å². The Hall–Kier alpha value is -1.75. The highest BCUT2D eigenvalue weighted by atomic mass is 16.7. The molecule has 0 fully saturated rings. The van der Waals surface area contributed by atoms with Crippen LogP contribution in [0.3, 0.4) is 0 Å². The summed E-state index contributed by atoms with van der Waals surface area (Å²) in [6.07, 6.45) is -0.0827. The molecule has 0 saturated carbocycles. The van der Waals surface area contributed by atoms with Crippen LogP contribution in [0.5, 0.6) is 11.5 Å². The highest BCUT2D eigenvalue weighted by Gasteiger charge is 2.16. The lowest BCUT2D eigenvalue weighted by atomic mass is 10.1. The standard InChI is InChI=1S/C11H12O5/c1-14-9-3-8-5-15-6-16-10(8)2-7(9)4-11(12)13/h2-3H,4-6H2,1H3,(H,12,13). The maximum absolute atomic E-state index is 10.7. The molecule has 1 aromatic carbocycles. The number of ether oxygens (including phenoxy) is 3. The Bertz CT molecular complexity index is 413. The van der Waals surface area contributed by atoms with Gasteiger partial charge in [-0.3, -0.25) is 4.79 Å². The van der Waals surface area contributed by atoms with E-state index >= 15 is 0 Å². The molecule has 1 N–H and O–H groups in total. The van der Waals surface area contributed by atoms with Gasteiger partial charge < -0.3 is 19.3 Å². The minimum Gasteiger partial charge on any atom is -0.496 e. The van der Waals surface area contributed by atoms with Crippen LogP contribution in [0.15, 0.2) is 12.1 Å². The zero-order chi connectivity index (χ0) is 11.5. The average molecular weight is 224 g/mol. The number of rotatable bonds is 3. The van der Waals surface area contributed by atoms with Gasteiger partial charge in [0.1, 0.15) is 11.5 Å². The van der Waals surface area contributed by atoms with E-state index in [1.54, 1.807) is 12.1 Å². The first-order valence-electron chi connectivity index (χ1n) is 4.83. The van der Waals surface area contributed by atoms with Crippen molar-refractivity contribution < 1.29 is 24.1 Å². The van der Waals surface area contributed by atoms with Gasteiger partial charge in [-0.1, -0.05) is 0 Å². The van der Waals surface area contributed by atoms with Crippen molar-refractivity contribution in [3.63, 3.8) is 0 Å². The quantitative estimate of drug-likeness (QED) is 0.835. The molecule has 1 aromatic rings. The van der Waals surface area contributed by atoms with Crippen molar-refractivity contribution in [1.82, 2.24) is 0 Å². The third-order valence-corrected chi connectivity index (χ3v) is 2.36. The number of methoxy groups -OCH3 is 1. The van der Waals surface area contributed by atoms with E-state index in [4.69, 9.17) is 19.3 Å². The molecule has 0 spiro atoms. The molecule has 0 aliphatic carbocycles. The fraction of sp³-hybridized carbons (Fsp3) is 0.364. The number of carbonyl (C=O) groups is 1. The molecule has 0 atom stereocenters. The smallest absolute Gasteiger partial charge is 0.307 e. The van der Waals surface area contributed by atoms with Crippen molar-refractivity contribution in [1.29, 1.82) is 0 Å².